The van der Waals surface area contributed by atoms with Crippen molar-refractivity contribution in [3.05, 3.63) is 36.0 Å². The molecule has 3 rings (SSSR count). The minimum atomic E-state index is -0.170. The molecule has 0 saturated carbocycles. The Bertz CT molecular complexity index is 745. The third-order valence-electron chi connectivity index (χ3n) is 3.31. The van der Waals surface area contributed by atoms with Gasteiger partial charge in [0.15, 0.2) is 0 Å². The Balaban J connectivity index is 1.78. The van der Waals surface area contributed by atoms with Crippen LogP contribution in [0.2, 0.25) is 0 Å². The summed E-state index contributed by atoms with van der Waals surface area (Å²) in [7, 11) is 0. The molecule has 2 heterocycles. The van der Waals surface area contributed by atoms with Crippen molar-refractivity contribution in [2.75, 3.05) is 17.6 Å². The molecule has 1 N–H and O–H groups in total. The van der Waals surface area contributed by atoms with E-state index in [0.717, 1.165) is 39.0 Å². The van der Waals surface area contributed by atoms with Crippen LogP contribution in [-0.4, -0.2) is 32.8 Å². The molecule has 0 fully saturated rings. The van der Waals surface area contributed by atoms with Crippen molar-refractivity contribution in [2.24, 2.45) is 4.99 Å². The van der Waals surface area contributed by atoms with E-state index in [1.807, 2.05) is 44.2 Å². The van der Waals surface area contributed by atoms with Gasteiger partial charge in [-0.1, -0.05) is 41.7 Å². The topological polar surface area (TPSA) is 54.4 Å². The Morgan fingerprint density at radius 1 is 1.41 bits per heavy atom. The summed E-state index contributed by atoms with van der Waals surface area (Å²) in [5.74, 6) is 1.01. The number of hydrogen-bond acceptors (Lipinski definition) is 5. The largest absolute Gasteiger partial charge is 0.324 e. The molecule has 2 aromatic rings. The van der Waals surface area contributed by atoms with Crippen LogP contribution < -0.4 is 5.32 Å². The number of benzene rings is 1. The molecule has 0 aliphatic carbocycles. The van der Waals surface area contributed by atoms with Gasteiger partial charge in [-0.25, -0.2) is 0 Å². The number of carbonyl (C=O) groups is 1. The zero-order valence-electron chi connectivity index (χ0n) is 12.5. The highest BCUT2D eigenvalue weighted by atomic mass is 32.2. The number of aryl methyl sites for hydroxylation is 1. The molecule has 0 saturated heterocycles. The standard InChI is InChI=1S/C16H17N3OS2/c1-10-9-14(12-5-3-4-6-13(12)18-10)19-15(20)11(2)22-16-17-7-8-21-16/h3-6,9,11H,7-8H2,1-2H3,(H,18,19,20). The summed E-state index contributed by atoms with van der Waals surface area (Å²) in [6, 6.07) is 9.76. The molecule has 4 nitrogen and oxygen atoms in total. The van der Waals surface area contributed by atoms with E-state index in [1.165, 1.54) is 11.8 Å². The van der Waals surface area contributed by atoms with Gasteiger partial charge in [-0.05, 0) is 26.0 Å². The third-order valence-corrected chi connectivity index (χ3v) is 5.61. The van der Waals surface area contributed by atoms with Crippen LogP contribution in [0.3, 0.4) is 0 Å². The molecule has 1 aromatic heterocycles. The Kier molecular flexibility index (Phi) is 4.69. The molecular formula is C16H17N3OS2. The number of pyridine rings is 1. The predicted octanol–water partition coefficient (Wildman–Crippen LogP) is 3.71. The fourth-order valence-electron chi connectivity index (χ4n) is 2.24. The van der Waals surface area contributed by atoms with Gasteiger partial charge >= 0.3 is 0 Å². The number of rotatable bonds is 3. The first-order chi connectivity index (χ1) is 10.6. The van der Waals surface area contributed by atoms with E-state index in [0.29, 0.717) is 0 Å². The van der Waals surface area contributed by atoms with E-state index in [1.54, 1.807) is 11.8 Å². The second-order valence-electron chi connectivity index (χ2n) is 5.07. The molecule has 1 aromatic carbocycles. The monoisotopic (exact) mass is 331 g/mol. The zero-order chi connectivity index (χ0) is 15.5. The molecular weight excluding hydrogens is 314 g/mol. The van der Waals surface area contributed by atoms with Crippen LogP contribution in [0.1, 0.15) is 12.6 Å². The fourth-order valence-corrected chi connectivity index (χ4v) is 4.37. The van der Waals surface area contributed by atoms with Gasteiger partial charge < -0.3 is 5.32 Å². The molecule has 6 heteroatoms. The second kappa shape index (κ2) is 6.71. The molecule has 0 radical (unpaired) electrons. The first-order valence-electron chi connectivity index (χ1n) is 7.14. The average Bonchev–Trinajstić information content (AvgIpc) is 3.00. The summed E-state index contributed by atoms with van der Waals surface area (Å²) in [6.07, 6.45) is 0. The number of nitrogens with one attached hydrogen (secondary N) is 1. The summed E-state index contributed by atoms with van der Waals surface area (Å²) in [5.41, 5.74) is 2.61. The number of amides is 1. The maximum Gasteiger partial charge on any atom is 0.237 e. The van der Waals surface area contributed by atoms with Gasteiger partial charge in [0.2, 0.25) is 5.91 Å². The Morgan fingerprint density at radius 2 is 2.23 bits per heavy atom. The quantitative estimate of drug-likeness (QED) is 0.931. The first-order valence-corrected chi connectivity index (χ1v) is 9.01. The summed E-state index contributed by atoms with van der Waals surface area (Å²) in [4.78, 5) is 21.3. The number of para-hydroxylation sites is 1. The average molecular weight is 331 g/mol. The van der Waals surface area contributed by atoms with Gasteiger partial charge in [0, 0.05) is 16.8 Å². The van der Waals surface area contributed by atoms with Crippen LogP contribution in [0.4, 0.5) is 5.69 Å². The van der Waals surface area contributed by atoms with Gasteiger partial charge in [-0.3, -0.25) is 14.8 Å². The number of thioether (sulfide) groups is 2. The van der Waals surface area contributed by atoms with Gasteiger partial charge in [0.1, 0.15) is 4.38 Å². The van der Waals surface area contributed by atoms with Gasteiger partial charge in [-0.2, -0.15) is 0 Å². The van der Waals surface area contributed by atoms with Crippen molar-refractivity contribution in [3.8, 4) is 0 Å². The van der Waals surface area contributed by atoms with E-state index in [4.69, 9.17) is 0 Å². The van der Waals surface area contributed by atoms with E-state index in [9.17, 15) is 4.79 Å². The lowest BCUT2D eigenvalue weighted by Gasteiger charge is -2.13. The van der Waals surface area contributed by atoms with Crippen LogP contribution in [0.5, 0.6) is 0 Å². The summed E-state index contributed by atoms with van der Waals surface area (Å²) in [6.45, 7) is 4.71. The molecule has 1 aliphatic heterocycles. The normalized spacial score (nSPS) is 15.6. The summed E-state index contributed by atoms with van der Waals surface area (Å²) >= 11 is 3.25. The molecule has 0 bridgehead atoms. The van der Waals surface area contributed by atoms with Crippen LogP contribution in [0.25, 0.3) is 10.9 Å². The van der Waals surface area contributed by atoms with Crippen LogP contribution in [0.15, 0.2) is 35.3 Å². The van der Waals surface area contributed by atoms with E-state index < -0.39 is 0 Å². The maximum absolute atomic E-state index is 12.4. The van der Waals surface area contributed by atoms with E-state index in [2.05, 4.69) is 15.3 Å². The summed E-state index contributed by atoms with van der Waals surface area (Å²) in [5, 5.41) is 3.83. The van der Waals surface area contributed by atoms with Crippen LogP contribution >= 0.6 is 23.5 Å². The molecule has 1 aliphatic rings. The first kappa shape index (κ1) is 15.4. The number of fused-ring (bicyclic) bond motifs is 1. The molecule has 114 valence electrons. The zero-order valence-corrected chi connectivity index (χ0v) is 14.1. The third kappa shape index (κ3) is 3.44. The van der Waals surface area contributed by atoms with Gasteiger partial charge in [0.05, 0.1) is 23.0 Å². The molecule has 1 unspecified atom stereocenters. The number of anilines is 1. The SMILES string of the molecule is Cc1cc(NC(=O)C(C)SC2=NCCS2)c2ccccc2n1. The molecule has 1 atom stereocenters. The van der Waals surface area contributed by atoms with Crippen molar-refractivity contribution < 1.29 is 4.79 Å². The van der Waals surface area contributed by atoms with Crippen molar-refractivity contribution in [1.82, 2.24) is 4.98 Å². The lowest BCUT2D eigenvalue weighted by Crippen LogP contribution is -2.23. The van der Waals surface area contributed by atoms with Gasteiger partial charge in [0.25, 0.3) is 0 Å². The van der Waals surface area contributed by atoms with E-state index >= 15 is 0 Å². The minimum absolute atomic E-state index is 0.00375. The second-order valence-corrected chi connectivity index (χ2v) is 7.75. The number of aliphatic imine (C=N–C) groups is 1. The number of aromatic nitrogens is 1. The highest BCUT2D eigenvalue weighted by Gasteiger charge is 2.19. The number of carbonyl (C=O) groups excluding carboxylic acids is 1. The number of nitrogens with zero attached hydrogens (tertiary/aromatic N) is 2. The van der Waals surface area contributed by atoms with Crippen molar-refractivity contribution in [2.45, 2.75) is 19.1 Å². The van der Waals surface area contributed by atoms with Crippen molar-refractivity contribution in [1.29, 1.82) is 0 Å². The Morgan fingerprint density at radius 3 is 3.00 bits per heavy atom. The smallest absolute Gasteiger partial charge is 0.237 e. The predicted molar refractivity (Wildman–Crippen MR) is 96.9 cm³/mol. The maximum atomic E-state index is 12.4. The lowest BCUT2D eigenvalue weighted by atomic mass is 10.1. The molecule has 1 amide bonds. The highest BCUT2D eigenvalue weighted by Crippen LogP contribution is 2.28. The highest BCUT2D eigenvalue weighted by molar-refractivity contribution is 8.39. The Labute approximate surface area is 138 Å². The van der Waals surface area contributed by atoms with Crippen LogP contribution in [0, 0.1) is 6.92 Å². The van der Waals surface area contributed by atoms with Crippen molar-refractivity contribution in [3.63, 3.8) is 0 Å². The minimum Gasteiger partial charge on any atom is -0.324 e. The molecule has 0 spiro atoms. The van der Waals surface area contributed by atoms with E-state index in [-0.39, 0.29) is 11.2 Å². The fraction of sp³-hybridized carbons (Fsp3) is 0.312. The number of hydrogen-bond donors (Lipinski definition) is 1. The Hall–Kier alpha value is -1.53. The van der Waals surface area contributed by atoms with Gasteiger partial charge in [-0.15, -0.1) is 0 Å². The van der Waals surface area contributed by atoms with Crippen molar-refractivity contribution >= 4 is 50.4 Å². The lowest BCUT2D eigenvalue weighted by molar-refractivity contribution is -0.115. The van der Waals surface area contributed by atoms with Crippen LogP contribution in [-0.2, 0) is 4.79 Å². The summed E-state index contributed by atoms with van der Waals surface area (Å²) < 4.78 is 1.01. The molecule has 22 heavy (non-hydrogen) atoms.